The normalized spacial score (nSPS) is 47.8. The fourth-order valence-electron chi connectivity index (χ4n) is 6.61. The van der Waals surface area contributed by atoms with Gasteiger partial charge in [0.05, 0.1) is 8.07 Å². The van der Waals surface area contributed by atoms with E-state index in [9.17, 15) is 0 Å². The molecule has 0 aliphatic heterocycles. The van der Waals surface area contributed by atoms with Gasteiger partial charge in [-0.3, -0.25) is 0 Å². The third kappa shape index (κ3) is 2.17. The second kappa shape index (κ2) is 5.16. The summed E-state index contributed by atoms with van der Waals surface area (Å²) in [6.45, 7) is 13.1. The second-order valence-corrected chi connectivity index (χ2v) is 13.6. The van der Waals surface area contributed by atoms with Crippen LogP contribution in [0.5, 0.6) is 0 Å². The lowest BCUT2D eigenvalue weighted by molar-refractivity contribution is 0.483. The van der Waals surface area contributed by atoms with Gasteiger partial charge in [-0.2, -0.15) is 0 Å². The number of fused-ring (bicyclic) bond motifs is 1. The molecule has 0 N–H and O–H groups in total. The van der Waals surface area contributed by atoms with Crippen molar-refractivity contribution >= 4 is 8.07 Å². The van der Waals surface area contributed by atoms with E-state index in [0.29, 0.717) is 0 Å². The highest BCUT2D eigenvalue weighted by atomic mass is 28.3. The molecule has 0 amide bonds. The Morgan fingerprint density at radius 1 is 0.800 bits per heavy atom. The second-order valence-electron chi connectivity index (χ2n) is 8.63. The van der Waals surface area contributed by atoms with Crippen LogP contribution < -0.4 is 0 Å². The summed E-state index contributed by atoms with van der Waals surface area (Å²) in [5, 5.41) is 0. The van der Waals surface area contributed by atoms with Gasteiger partial charge in [-0.05, 0) is 47.1 Å². The van der Waals surface area contributed by atoms with E-state index in [1.807, 2.05) is 0 Å². The molecule has 20 heavy (non-hydrogen) atoms. The molecule has 0 aromatic carbocycles. The van der Waals surface area contributed by atoms with Gasteiger partial charge < -0.3 is 0 Å². The van der Waals surface area contributed by atoms with Crippen molar-refractivity contribution in [2.24, 2.45) is 29.6 Å². The van der Waals surface area contributed by atoms with Gasteiger partial charge in [0.15, 0.2) is 0 Å². The van der Waals surface area contributed by atoms with Crippen molar-refractivity contribution in [1.29, 1.82) is 0 Å². The largest absolute Gasteiger partial charge is 0.0808 e. The summed E-state index contributed by atoms with van der Waals surface area (Å²) in [5.41, 5.74) is 2.05. The molecule has 1 heteroatoms. The standard InChI is InChI=1S/C19H32Si/c1-13-10-11-14(2)18(13)20(4,5)19-15(3)12-16-8-6-7-9-17(16)19/h6-9,13-19H,10-12H2,1-5H3. The lowest BCUT2D eigenvalue weighted by Crippen LogP contribution is -2.45. The van der Waals surface area contributed by atoms with Gasteiger partial charge in [0.2, 0.25) is 0 Å². The van der Waals surface area contributed by atoms with E-state index in [-0.39, 0.29) is 0 Å². The van der Waals surface area contributed by atoms with E-state index in [1.165, 1.54) is 19.3 Å². The minimum atomic E-state index is -1.22. The third-order valence-electron chi connectivity index (χ3n) is 6.99. The van der Waals surface area contributed by atoms with Crippen molar-refractivity contribution in [2.45, 2.75) is 64.2 Å². The first-order valence-electron chi connectivity index (χ1n) is 8.78. The molecule has 2 fully saturated rings. The van der Waals surface area contributed by atoms with Crippen molar-refractivity contribution < 1.29 is 0 Å². The van der Waals surface area contributed by atoms with Gasteiger partial charge in [-0.1, -0.05) is 71.0 Å². The third-order valence-corrected chi connectivity index (χ3v) is 12.5. The molecular weight excluding hydrogens is 256 g/mol. The van der Waals surface area contributed by atoms with E-state index in [4.69, 9.17) is 0 Å². The summed E-state index contributed by atoms with van der Waals surface area (Å²) >= 11 is 0. The fraction of sp³-hybridized carbons (Fsp3) is 0.789. The summed E-state index contributed by atoms with van der Waals surface area (Å²) in [6, 6.07) is 0. The number of allylic oxidation sites excluding steroid dienone is 4. The molecule has 6 unspecified atom stereocenters. The maximum absolute atomic E-state index is 2.73. The Kier molecular flexibility index (Phi) is 3.77. The van der Waals surface area contributed by atoms with E-state index in [1.54, 1.807) is 0 Å². The maximum atomic E-state index is 2.73. The van der Waals surface area contributed by atoms with Crippen LogP contribution in [-0.2, 0) is 0 Å². The van der Waals surface area contributed by atoms with E-state index < -0.39 is 8.07 Å². The summed E-state index contributed by atoms with van der Waals surface area (Å²) < 4.78 is 0. The molecule has 0 spiro atoms. The van der Waals surface area contributed by atoms with Crippen LogP contribution in [0, 0.1) is 29.6 Å². The zero-order chi connectivity index (χ0) is 14.5. The van der Waals surface area contributed by atoms with Crippen LogP contribution in [0.3, 0.4) is 0 Å². The quantitative estimate of drug-likeness (QED) is 0.555. The molecule has 2 saturated carbocycles. The van der Waals surface area contributed by atoms with Gasteiger partial charge >= 0.3 is 0 Å². The van der Waals surface area contributed by atoms with E-state index in [0.717, 1.165) is 40.7 Å². The summed E-state index contributed by atoms with van der Waals surface area (Å²) in [5.74, 6) is 4.58. The van der Waals surface area contributed by atoms with Crippen LogP contribution in [0.25, 0.3) is 0 Å². The van der Waals surface area contributed by atoms with Gasteiger partial charge in [0.1, 0.15) is 0 Å². The Labute approximate surface area is 126 Å². The topological polar surface area (TPSA) is 0 Å². The SMILES string of the molecule is CC1CCC(C)C1[Si](C)(C)C1C(C)CC2C=CC=CC21. The summed E-state index contributed by atoms with van der Waals surface area (Å²) in [6.07, 6.45) is 14.0. The zero-order valence-electron chi connectivity index (χ0n) is 14.0. The average molecular weight is 289 g/mol. The molecule has 0 radical (unpaired) electrons. The van der Waals surface area contributed by atoms with Crippen molar-refractivity contribution in [1.82, 2.24) is 0 Å². The van der Waals surface area contributed by atoms with Gasteiger partial charge in [0.25, 0.3) is 0 Å². The first-order chi connectivity index (χ1) is 9.43. The molecule has 112 valence electrons. The van der Waals surface area contributed by atoms with Crippen LogP contribution in [-0.4, -0.2) is 8.07 Å². The Morgan fingerprint density at radius 2 is 1.40 bits per heavy atom. The van der Waals surface area contributed by atoms with Crippen LogP contribution in [0.15, 0.2) is 24.3 Å². The van der Waals surface area contributed by atoms with Crippen LogP contribution >= 0.6 is 0 Å². The summed E-state index contributed by atoms with van der Waals surface area (Å²) in [7, 11) is -1.22. The van der Waals surface area contributed by atoms with Crippen LogP contribution in [0.2, 0.25) is 24.2 Å². The van der Waals surface area contributed by atoms with Crippen LogP contribution in [0.1, 0.15) is 40.0 Å². The molecule has 0 saturated heterocycles. The zero-order valence-corrected chi connectivity index (χ0v) is 15.0. The highest BCUT2D eigenvalue weighted by Crippen LogP contribution is 2.60. The lowest BCUT2D eigenvalue weighted by atomic mass is 9.92. The van der Waals surface area contributed by atoms with Crippen molar-refractivity contribution in [3.8, 4) is 0 Å². The molecule has 6 atom stereocenters. The van der Waals surface area contributed by atoms with Crippen molar-refractivity contribution in [3.63, 3.8) is 0 Å². The summed E-state index contributed by atoms with van der Waals surface area (Å²) in [4.78, 5) is 0. The van der Waals surface area contributed by atoms with E-state index in [2.05, 4.69) is 58.2 Å². The first-order valence-corrected chi connectivity index (χ1v) is 11.9. The lowest BCUT2D eigenvalue weighted by Gasteiger charge is -2.45. The van der Waals surface area contributed by atoms with E-state index >= 15 is 0 Å². The van der Waals surface area contributed by atoms with Gasteiger partial charge in [0, 0.05) is 0 Å². The number of hydrogen-bond acceptors (Lipinski definition) is 0. The highest BCUT2D eigenvalue weighted by Gasteiger charge is 2.53. The molecule has 3 rings (SSSR count). The minimum Gasteiger partial charge on any atom is -0.0808 e. The molecular formula is C19H32Si. The Bertz CT molecular complexity index is 409. The van der Waals surface area contributed by atoms with Crippen molar-refractivity contribution in [2.75, 3.05) is 0 Å². The Hall–Kier alpha value is -0.303. The molecule has 3 aliphatic carbocycles. The molecule has 0 heterocycles. The van der Waals surface area contributed by atoms with Gasteiger partial charge in [-0.15, -0.1) is 0 Å². The molecule has 0 nitrogen and oxygen atoms in total. The Morgan fingerprint density at radius 3 is 2.05 bits per heavy atom. The Balaban J connectivity index is 1.90. The number of rotatable bonds is 2. The van der Waals surface area contributed by atoms with Crippen LogP contribution in [0.4, 0.5) is 0 Å². The monoisotopic (exact) mass is 288 g/mol. The molecule has 3 aliphatic rings. The smallest absolute Gasteiger partial charge is 0.0549 e. The van der Waals surface area contributed by atoms with Gasteiger partial charge in [-0.25, -0.2) is 0 Å². The maximum Gasteiger partial charge on any atom is 0.0549 e. The van der Waals surface area contributed by atoms with Crippen molar-refractivity contribution in [3.05, 3.63) is 24.3 Å². The first kappa shape index (κ1) is 14.6. The highest BCUT2D eigenvalue weighted by molar-refractivity contribution is 6.80. The molecule has 0 aromatic heterocycles. The minimum absolute atomic E-state index is 0.846. The molecule has 0 bridgehead atoms. The number of hydrogen-bond donors (Lipinski definition) is 0. The predicted molar refractivity (Wildman–Crippen MR) is 91.6 cm³/mol. The molecule has 0 aromatic rings. The predicted octanol–water partition coefficient (Wildman–Crippen LogP) is 5.90. The average Bonchev–Trinajstić information content (AvgIpc) is 2.88. The fourth-order valence-corrected chi connectivity index (χ4v) is 13.3.